The van der Waals surface area contributed by atoms with Crippen LogP contribution in [0.25, 0.3) is 0 Å². The third-order valence-corrected chi connectivity index (χ3v) is 4.07. The first-order valence-electron chi connectivity index (χ1n) is 8.64. The van der Waals surface area contributed by atoms with Crippen LogP contribution in [0.1, 0.15) is 104 Å². The number of unbranched alkanes of at least 4 members (excludes halogenated alkanes) is 9. The van der Waals surface area contributed by atoms with Gasteiger partial charge < -0.3 is 0 Å². The highest BCUT2D eigenvalue weighted by atomic mass is 14.1. The fourth-order valence-electron chi connectivity index (χ4n) is 2.76. The Bertz CT molecular complexity index is 139. The smallest absolute Gasteiger partial charge is 0.0414 e. The molecular formula is C18H37. The molecule has 0 aromatic heterocycles. The van der Waals surface area contributed by atoms with E-state index in [1.165, 1.54) is 83.5 Å². The van der Waals surface area contributed by atoms with Crippen molar-refractivity contribution >= 4 is 0 Å². The van der Waals surface area contributed by atoms with Crippen molar-refractivity contribution in [1.82, 2.24) is 0 Å². The van der Waals surface area contributed by atoms with Gasteiger partial charge >= 0.3 is 0 Å². The Balaban J connectivity index is 3.10. The van der Waals surface area contributed by atoms with E-state index in [4.69, 9.17) is 0 Å². The highest BCUT2D eigenvalue weighted by Gasteiger charge is 2.04. The Kier molecular flexibility index (Phi) is 15.1. The largest absolute Gasteiger partial charge is 0.0654 e. The summed E-state index contributed by atoms with van der Waals surface area (Å²) in [6, 6.07) is 0. The lowest BCUT2D eigenvalue weighted by atomic mass is 9.94. The Morgan fingerprint density at radius 3 is 1.56 bits per heavy atom. The van der Waals surface area contributed by atoms with Crippen LogP contribution in [-0.2, 0) is 0 Å². The Labute approximate surface area is 117 Å². The molecule has 0 heteroatoms. The molecule has 0 saturated heterocycles. The number of hydrogen-bond acceptors (Lipinski definition) is 0. The van der Waals surface area contributed by atoms with Crippen LogP contribution in [0, 0.1) is 12.8 Å². The molecule has 0 aliphatic rings. The molecule has 1 atom stereocenters. The molecule has 0 nitrogen and oxygen atoms in total. The van der Waals surface area contributed by atoms with Gasteiger partial charge in [-0.15, -0.1) is 0 Å². The van der Waals surface area contributed by atoms with Crippen molar-refractivity contribution in [2.75, 3.05) is 0 Å². The van der Waals surface area contributed by atoms with E-state index < -0.39 is 0 Å². The maximum absolute atomic E-state index is 4.07. The maximum Gasteiger partial charge on any atom is -0.0414 e. The summed E-state index contributed by atoms with van der Waals surface area (Å²) in [6.07, 6.45) is 19.8. The van der Waals surface area contributed by atoms with Gasteiger partial charge in [-0.25, -0.2) is 0 Å². The summed E-state index contributed by atoms with van der Waals surface area (Å²) in [5, 5.41) is 0. The first kappa shape index (κ1) is 18.0. The molecule has 0 aliphatic carbocycles. The summed E-state index contributed by atoms with van der Waals surface area (Å²) in [5.41, 5.74) is 0. The molecule has 0 heterocycles. The molecular weight excluding hydrogens is 216 g/mol. The molecule has 0 saturated carbocycles. The summed E-state index contributed by atoms with van der Waals surface area (Å²) in [5.74, 6) is 0.907. The van der Waals surface area contributed by atoms with Gasteiger partial charge in [0.2, 0.25) is 0 Å². The van der Waals surface area contributed by atoms with Gasteiger partial charge in [-0.2, -0.15) is 0 Å². The monoisotopic (exact) mass is 253 g/mol. The van der Waals surface area contributed by atoms with Crippen molar-refractivity contribution in [3.63, 3.8) is 0 Å². The van der Waals surface area contributed by atoms with E-state index in [1.54, 1.807) is 0 Å². The van der Waals surface area contributed by atoms with Crippen molar-refractivity contribution in [3.05, 3.63) is 6.92 Å². The summed E-state index contributed by atoms with van der Waals surface area (Å²) in [4.78, 5) is 0. The zero-order valence-corrected chi connectivity index (χ0v) is 13.2. The van der Waals surface area contributed by atoms with Crippen LogP contribution in [0.5, 0.6) is 0 Å². The molecule has 0 aromatic rings. The highest BCUT2D eigenvalue weighted by molar-refractivity contribution is 4.60. The van der Waals surface area contributed by atoms with E-state index in [0.717, 1.165) is 12.3 Å². The Hall–Kier alpha value is 0. The van der Waals surface area contributed by atoms with Crippen molar-refractivity contribution in [1.29, 1.82) is 0 Å². The Morgan fingerprint density at radius 2 is 1.11 bits per heavy atom. The van der Waals surface area contributed by atoms with E-state index in [1.807, 2.05) is 0 Å². The summed E-state index contributed by atoms with van der Waals surface area (Å²) < 4.78 is 0. The predicted octanol–water partition coefficient (Wildman–Crippen LogP) is 6.94. The second-order valence-corrected chi connectivity index (χ2v) is 5.91. The maximum atomic E-state index is 4.07. The van der Waals surface area contributed by atoms with Gasteiger partial charge in [-0.3, -0.25) is 0 Å². The lowest BCUT2D eigenvalue weighted by Gasteiger charge is -2.12. The normalized spacial score (nSPS) is 12.8. The molecule has 1 radical (unpaired) electrons. The second-order valence-electron chi connectivity index (χ2n) is 5.91. The average Bonchev–Trinajstić information content (AvgIpc) is 2.39. The molecule has 109 valence electrons. The van der Waals surface area contributed by atoms with Gasteiger partial charge in [-0.05, 0) is 5.92 Å². The van der Waals surface area contributed by atoms with Crippen LogP contribution in [-0.4, -0.2) is 0 Å². The molecule has 0 aliphatic heterocycles. The van der Waals surface area contributed by atoms with E-state index in [2.05, 4.69) is 20.8 Å². The van der Waals surface area contributed by atoms with E-state index in [9.17, 15) is 0 Å². The minimum Gasteiger partial charge on any atom is -0.0654 e. The molecule has 0 amide bonds. The topological polar surface area (TPSA) is 0 Å². The van der Waals surface area contributed by atoms with Crippen LogP contribution in [0.2, 0.25) is 0 Å². The lowest BCUT2D eigenvalue weighted by molar-refractivity contribution is 0.421. The molecule has 1 unspecified atom stereocenters. The van der Waals surface area contributed by atoms with E-state index in [0.29, 0.717) is 0 Å². The standard InChI is InChI=1S/C18H37/c1-4-7-8-9-10-11-12-13-14-15-17-18(6-3)16-5-2/h18H,3-17H2,1-2H3. The minimum atomic E-state index is 0.907. The molecule has 0 rings (SSSR count). The SMILES string of the molecule is [CH2]CC(CCC)CCCCCCCCCCCC. The quantitative estimate of drug-likeness (QED) is 0.294. The predicted molar refractivity (Wildman–Crippen MR) is 84.8 cm³/mol. The summed E-state index contributed by atoms with van der Waals surface area (Å²) >= 11 is 0. The van der Waals surface area contributed by atoms with Crippen molar-refractivity contribution in [3.8, 4) is 0 Å². The molecule has 0 fully saturated rings. The van der Waals surface area contributed by atoms with Gasteiger partial charge in [0.15, 0.2) is 0 Å². The molecule has 0 spiro atoms. The van der Waals surface area contributed by atoms with Gasteiger partial charge in [0.25, 0.3) is 0 Å². The van der Waals surface area contributed by atoms with E-state index >= 15 is 0 Å². The van der Waals surface area contributed by atoms with Crippen LogP contribution in [0.3, 0.4) is 0 Å². The molecule has 0 bridgehead atoms. The van der Waals surface area contributed by atoms with Crippen LogP contribution in [0.4, 0.5) is 0 Å². The van der Waals surface area contributed by atoms with E-state index in [-0.39, 0.29) is 0 Å². The summed E-state index contributed by atoms with van der Waals surface area (Å²) in [7, 11) is 0. The molecule has 0 N–H and O–H groups in total. The van der Waals surface area contributed by atoms with Crippen molar-refractivity contribution in [2.24, 2.45) is 5.92 Å². The summed E-state index contributed by atoms with van der Waals surface area (Å²) in [6.45, 7) is 8.65. The minimum absolute atomic E-state index is 0.907. The fraction of sp³-hybridized carbons (Fsp3) is 0.944. The third-order valence-electron chi connectivity index (χ3n) is 4.07. The van der Waals surface area contributed by atoms with Crippen molar-refractivity contribution in [2.45, 2.75) is 104 Å². The van der Waals surface area contributed by atoms with Crippen LogP contribution < -0.4 is 0 Å². The average molecular weight is 253 g/mol. The zero-order valence-electron chi connectivity index (χ0n) is 13.2. The third kappa shape index (κ3) is 12.5. The van der Waals surface area contributed by atoms with Gasteiger partial charge in [0.05, 0.1) is 0 Å². The second kappa shape index (κ2) is 15.1. The molecule has 18 heavy (non-hydrogen) atoms. The lowest BCUT2D eigenvalue weighted by Crippen LogP contribution is -1.98. The number of hydrogen-bond donors (Lipinski definition) is 0. The van der Waals surface area contributed by atoms with Crippen LogP contribution in [0.15, 0.2) is 0 Å². The van der Waals surface area contributed by atoms with Gasteiger partial charge in [0.1, 0.15) is 0 Å². The Morgan fingerprint density at radius 1 is 0.611 bits per heavy atom. The fourth-order valence-corrected chi connectivity index (χ4v) is 2.76. The molecule has 0 aromatic carbocycles. The first-order chi connectivity index (χ1) is 8.85. The zero-order chi connectivity index (χ0) is 13.5. The van der Waals surface area contributed by atoms with Gasteiger partial charge in [-0.1, -0.05) is 111 Å². The first-order valence-corrected chi connectivity index (χ1v) is 8.64. The number of rotatable bonds is 14. The highest BCUT2D eigenvalue weighted by Crippen LogP contribution is 2.19. The van der Waals surface area contributed by atoms with Crippen molar-refractivity contribution < 1.29 is 0 Å². The van der Waals surface area contributed by atoms with Gasteiger partial charge in [0, 0.05) is 0 Å². The van der Waals surface area contributed by atoms with Crippen LogP contribution >= 0.6 is 0 Å².